The molecule has 2 heteroatoms. The highest BCUT2D eigenvalue weighted by Crippen LogP contribution is 2.28. The number of pyridine rings is 1. The van der Waals surface area contributed by atoms with E-state index in [1.165, 1.54) is 16.9 Å². The molecule has 0 N–H and O–H groups in total. The van der Waals surface area contributed by atoms with Crippen LogP contribution in [-0.4, -0.2) is 18.6 Å². The maximum absolute atomic E-state index is 4.45. The van der Waals surface area contributed by atoms with Crippen LogP contribution in [0.3, 0.4) is 0 Å². The molecular formula is C10H14N2. The summed E-state index contributed by atoms with van der Waals surface area (Å²) in [5, 5.41) is 0. The van der Waals surface area contributed by atoms with Gasteiger partial charge in [-0.25, -0.2) is 0 Å². The second-order valence-corrected chi connectivity index (χ2v) is 3.52. The van der Waals surface area contributed by atoms with E-state index in [0.717, 1.165) is 18.7 Å². The maximum Gasteiger partial charge on any atom is 0.0433 e. The topological polar surface area (TPSA) is 16.1 Å². The average molecular weight is 162 g/mol. The summed E-state index contributed by atoms with van der Waals surface area (Å²) in [5.41, 5.74) is 5.14. The molecule has 0 atom stereocenters. The number of hydrogen-bond donors (Lipinski definition) is 0. The smallest absolute Gasteiger partial charge is 0.0433 e. The Labute approximate surface area is 73.2 Å². The van der Waals surface area contributed by atoms with E-state index in [2.05, 4.69) is 36.8 Å². The Morgan fingerprint density at radius 1 is 1.42 bits per heavy atom. The Morgan fingerprint density at radius 2 is 2.17 bits per heavy atom. The monoisotopic (exact) mass is 162 g/mol. The van der Waals surface area contributed by atoms with Gasteiger partial charge in [0.15, 0.2) is 0 Å². The standard InChI is InChI=1S/C10H14N2/c1-7-6-10-9(8(2)11-7)4-5-12(10)3/h6H,4-5H2,1-3H3. The van der Waals surface area contributed by atoms with Crippen LogP contribution in [0.5, 0.6) is 0 Å². The second-order valence-electron chi connectivity index (χ2n) is 3.52. The molecule has 1 aliphatic heterocycles. The molecule has 2 nitrogen and oxygen atoms in total. The normalized spacial score (nSPS) is 15.1. The van der Waals surface area contributed by atoms with Gasteiger partial charge in [-0.1, -0.05) is 0 Å². The van der Waals surface area contributed by atoms with Crippen molar-refractivity contribution in [3.8, 4) is 0 Å². The summed E-state index contributed by atoms with van der Waals surface area (Å²) in [7, 11) is 2.14. The molecule has 0 bridgehead atoms. The van der Waals surface area contributed by atoms with Gasteiger partial charge in [0, 0.05) is 30.7 Å². The molecule has 64 valence electrons. The minimum absolute atomic E-state index is 1.13. The number of nitrogens with zero attached hydrogens (tertiary/aromatic N) is 2. The maximum atomic E-state index is 4.45. The molecule has 0 saturated heterocycles. The first-order valence-corrected chi connectivity index (χ1v) is 4.37. The summed E-state index contributed by atoms with van der Waals surface area (Å²) in [6.45, 7) is 5.30. The molecule has 0 unspecified atom stereocenters. The van der Waals surface area contributed by atoms with E-state index in [0.29, 0.717) is 0 Å². The Morgan fingerprint density at radius 3 is 2.92 bits per heavy atom. The van der Waals surface area contributed by atoms with Gasteiger partial charge in [-0.3, -0.25) is 4.98 Å². The molecule has 1 aliphatic rings. The van der Waals surface area contributed by atoms with Gasteiger partial charge in [-0.15, -0.1) is 0 Å². The lowest BCUT2D eigenvalue weighted by atomic mass is 10.1. The lowest BCUT2D eigenvalue weighted by Crippen LogP contribution is -2.12. The summed E-state index contributed by atoms with van der Waals surface area (Å²) >= 11 is 0. The van der Waals surface area contributed by atoms with Crippen molar-refractivity contribution >= 4 is 5.69 Å². The summed E-state index contributed by atoms with van der Waals surface area (Å²) in [6.07, 6.45) is 1.16. The van der Waals surface area contributed by atoms with Crippen molar-refractivity contribution in [3.05, 3.63) is 23.0 Å². The molecule has 0 radical (unpaired) electrons. The molecule has 0 spiro atoms. The van der Waals surface area contributed by atoms with Gasteiger partial charge in [-0.05, 0) is 31.9 Å². The predicted molar refractivity (Wildman–Crippen MR) is 50.7 cm³/mol. The van der Waals surface area contributed by atoms with E-state index >= 15 is 0 Å². The third kappa shape index (κ3) is 0.986. The number of aryl methyl sites for hydroxylation is 2. The van der Waals surface area contributed by atoms with E-state index in [-0.39, 0.29) is 0 Å². The summed E-state index contributed by atoms with van der Waals surface area (Å²) in [5.74, 6) is 0. The molecule has 0 fully saturated rings. The van der Waals surface area contributed by atoms with Crippen molar-refractivity contribution < 1.29 is 0 Å². The van der Waals surface area contributed by atoms with E-state index in [1.807, 2.05) is 0 Å². The highest BCUT2D eigenvalue weighted by Gasteiger charge is 2.18. The van der Waals surface area contributed by atoms with Gasteiger partial charge < -0.3 is 4.90 Å². The van der Waals surface area contributed by atoms with Crippen LogP contribution in [0.4, 0.5) is 5.69 Å². The number of hydrogen-bond acceptors (Lipinski definition) is 2. The Kier molecular flexibility index (Phi) is 1.56. The number of rotatable bonds is 0. The Bertz CT molecular complexity index is 318. The molecule has 1 aromatic heterocycles. The molecule has 0 amide bonds. The van der Waals surface area contributed by atoms with Crippen LogP contribution in [0.25, 0.3) is 0 Å². The fourth-order valence-corrected chi connectivity index (χ4v) is 1.88. The molecule has 0 aromatic carbocycles. The van der Waals surface area contributed by atoms with Crippen LogP contribution in [0.2, 0.25) is 0 Å². The molecule has 2 rings (SSSR count). The molecule has 1 aromatic rings. The van der Waals surface area contributed by atoms with Crippen LogP contribution in [0.1, 0.15) is 17.0 Å². The van der Waals surface area contributed by atoms with Gasteiger partial charge in [0.2, 0.25) is 0 Å². The third-order valence-electron chi connectivity index (χ3n) is 2.54. The highest BCUT2D eigenvalue weighted by atomic mass is 15.1. The first-order valence-electron chi connectivity index (χ1n) is 4.37. The quantitative estimate of drug-likeness (QED) is 0.577. The Balaban J connectivity index is 2.60. The van der Waals surface area contributed by atoms with Crippen molar-refractivity contribution in [1.29, 1.82) is 0 Å². The zero-order valence-electron chi connectivity index (χ0n) is 7.89. The number of anilines is 1. The first-order chi connectivity index (χ1) is 5.68. The van der Waals surface area contributed by atoms with Crippen LogP contribution in [0, 0.1) is 13.8 Å². The molecule has 12 heavy (non-hydrogen) atoms. The average Bonchev–Trinajstić information content (AvgIpc) is 2.33. The summed E-state index contributed by atoms with van der Waals surface area (Å²) < 4.78 is 0. The van der Waals surface area contributed by atoms with Crippen molar-refractivity contribution in [2.45, 2.75) is 20.3 Å². The zero-order valence-corrected chi connectivity index (χ0v) is 7.89. The predicted octanol–water partition coefficient (Wildman–Crippen LogP) is 1.69. The number of fused-ring (bicyclic) bond motifs is 1. The molecule has 0 aliphatic carbocycles. The fourth-order valence-electron chi connectivity index (χ4n) is 1.88. The van der Waals surface area contributed by atoms with E-state index in [4.69, 9.17) is 0 Å². The van der Waals surface area contributed by atoms with Gasteiger partial charge in [-0.2, -0.15) is 0 Å². The molecule has 0 saturated carbocycles. The molecule has 2 heterocycles. The summed E-state index contributed by atoms with van der Waals surface area (Å²) in [4.78, 5) is 6.76. The van der Waals surface area contributed by atoms with Crippen LogP contribution in [0.15, 0.2) is 6.07 Å². The third-order valence-corrected chi connectivity index (χ3v) is 2.54. The largest absolute Gasteiger partial charge is 0.374 e. The van der Waals surface area contributed by atoms with Crippen LogP contribution < -0.4 is 4.90 Å². The van der Waals surface area contributed by atoms with Gasteiger partial charge in [0.05, 0.1) is 0 Å². The SMILES string of the molecule is Cc1cc2c(c(C)n1)CCN2C. The van der Waals surface area contributed by atoms with E-state index in [1.54, 1.807) is 0 Å². The van der Waals surface area contributed by atoms with Crippen molar-refractivity contribution in [3.63, 3.8) is 0 Å². The van der Waals surface area contributed by atoms with Gasteiger partial charge in [0.25, 0.3) is 0 Å². The minimum Gasteiger partial charge on any atom is -0.374 e. The zero-order chi connectivity index (χ0) is 8.72. The van der Waals surface area contributed by atoms with Crippen molar-refractivity contribution in [2.75, 3.05) is 18.5 Å². The minimum atomic E-state index is 1.13. The fraction of sp³-hybridized carbons (Fsp3) is 0.500. The lowest BCUT2D eigenvalue weighted by Gasteiger charge is -2.12. The van der Waals surface area contributed by atoms with Crippen LogP contribution in [-0.2, 0) is 6.42 Å². The van der Waals surface area contributed by atoms with Crippen LogP contribution >= 0.6 is 0 Å². The van der Waals surface area contributed by atoms with E-state index in [9.17, 15) is 0 Å². The number of likely N-dealkylation sites (N-methyl/N-ethyl adjacent to an activating group) is 1. The summed E-state index contributed by atoms with van der Waals surface area (Å²) in [6, 6.07) is 2.18. The number of aromatic nitrogens is 1. The highest BCUT2D eigenvalue weighted by molar-refractivity contribution is 5.59. The molecular weight excluding hydrogens is 148 g/mol. The Hall–Kier alpha value is -1.05. The first kappa shape index (κ1) is 7.59. The lowest BCUT2D eigenvalue weighted by molar-refractivity contribution is 0.951. The van der Waals surface area contributed by atoms with Gasteiger partial charge >= 0.3 is 0 Å². The van der Waals surface area contributed by atoms with Crippen molar-refractivity contribution in [1.82, 2.24) is 4.98 Å². The van der Waals surface area contributed by atoms with Crippen molar-refractivity contribution in [2.24, 2.45) is 0 Å². The van der Waals surface area contributed by atoms with Gasteiger partial charge in [0.1, 0.15) is 0 Å². The second kappa shape index (κ2) is 2.47. The van der Waals surface area contributed by atoms with E-state index < -0.39 is 0 Å².